The lowest BCUT2D eigenvalue weighted by Gasteiger charge is -2.26. The predicted molar refractivity (Wildman–Crippen MR) is 101 cm³/mol. The zero-order chi connectivity index (χ0) is 18.6. The molecule has 1 aliphatic heterocycles. The van der Waals surface area contributed by atoms with Crippen molar-refractivity contribution in [2.45, 2.75) is 37.2 Å². The summed E-state index contributed by atoms with van der Waals surface area (Å²) in [5.74, 6) is -0.459. The molecule has 1 saturated heterocycles. The molecular formula is C19H22ClFN2O2S. The molecule has 0 unspecified atom stereocenters. The van der Waals surface area contributed by atoms with Gasteiger partial charge in [-0.05, 0) is 42.2 Å². The van der Waals surface area contributed by atoms with Crippen molar-refractivity contribution in [3.8, 4) is 0 Å². The highest BCUT2D eigenvalue weighted by molar-refractivity contribution is 7.89. The third kappa shape index (κ3) is 4.43. The van der Waals surface area contributed by atoms with E-state index in [9.17, 15) is 12.8 Å². The Kier molecular flexibility index (Phi) is 6.29. The van der Waals surface area contributed by atoms with Crippen LogP contribution < -0.4 is 5.32 Å². The summed E-state index contributed by atoms with van der Waals surface area (Å²) in [7, 11) is -3.48. The highest BCUT2D eigenvalue weighted by atomic mass is 35.5. The maximum atomic E-state index is 13.5. The van der Waals surface area contributed by atoms with Gasteiger partial charge in [-0.2, -0.15) is 4.31 Å². The first-order valence-corrected chi connectivity index (χ1v) is 10.5. The number of halogens is 2. The minimum absolute atomic E-state index is 0.0896. The van der Waals surface area contributed by atoms with E-state index in [0.717, 1.165) is 24.8 Å². The molecule has 0 atom stereocenters. The van der Waals surface area contributed by atoms with E-state index in [-0.39, 0.29) is 5.02 Å². The zero-order valence-electron chi connectivity index (χ0n) is 14.4. The molecule has 1 fully saturated rings. The van der Waals surface area contributed by atoms with Crippen LogP contribution in [0.25, 0.3) is 0 Å². The van der Waals surface area contributed by atoms with Crippen LogP contribution in [0.1, 0.15) is 30.4 Å². The molecule has 4 nitrogen and oxygen atoms in total. The highest BCUT2D eigenvalue weighted by Gasteiger charge is 2.27. The van der Waals surface area contributed by atoms with Crippen LogP contribution in [-0.2, 0) is 23.1 Å². The van der Waals surface area contributed by atoms with Crippen LogP contribution in [0.2, 0.25) is 5.02 Å². The van der Waals surface area contributed by atoms with Crippen molar-refractivity contribution in [2.75, 3.05) is 13.1 Å². The van der Waals surface area contributed by atoms with Gasteiger partial charge in [0.2, 0.25) is 10.0 Å². The van der Waals surface area contributed by atoms with Crippen molar-refractivity contribution < 1.29 is 12.8 Å². The van der Waals surface area contributed by atoms with Crippen LogP contribution in [0.4, 0.5) is 4.39 Å². The molecular weight excluding hydrogens is 375 g/mol. The molecule has 140 valence electrons. The summed E-state index contributed by atoms with van der Waals surface area (Å²) in [5.41, 5.74) is 1.47. The predicted octanol–water partition coefficient (Wildman–Crippen LogP) is 3.94. The monoisotopic (exact) mass is 396 g/mol. The van der Waals surface area contributed by atoms with Crippen molar-refractivity contribution in [2.24, 2.45) is 0 Å². The van der Waals surface area contributed by atoms with Crippen LogP contribution >= 0.6 is 11.6 Å². The summed E-state index contributed by atoms with van der Waals surface area (Å²) in [6.07, 6.45) is 2.89. The van der Waals surface area contributed by atoms with Gasteiger partial charge in [0, 0.05) is 26.2 Å². The maximum Gasteiger partial charge on any atom is 0.243 e. The minimum Gasteiger partial charge on any atom is -0.309 e. The van der Waals surface area contributed by atoms with Crippen molar-refractivity contribution in [1.82, 2.24) is 9.62 Å². The summed E-state index contributed by atoms with van der Waals surface area (Å²) < 4.78 is 41.0. The summed E-state index contributed by atoms with van der Waals surface area (Å²) in [4.78, 5) is 0.344. The van der Waals surface area contributed by atoms with E-state index in [1.165, 1.54) is 12.1 Å². The molecule has 26 heavy (non-hydrogen) atoms. The van der Waals surface area contributed by atoms with E-state index in [4.69, 9.17) is 11.6 Å². The summed E-state index contributed by atoms with van der Waals surface area (Å²) >= 11 is 5.69. The van der Waals surface area contributed by atoms with Crippen molar-refractivity contribution in [3.05, 3.63) is 64.4 Å². The average Bonchev–Trinajstić information content (AvgIpc) is 2.66. The first kappa shape index (κ1) is 19.3. The lowest BCUT2D eigenvalue weighted by atomic mass is 10.2. The number of rotatable bonds is 6. The Balaban J connectivity index is 1.71. The van der Waals surface area contributed by atoms with Gasteiger partial charge in [0.25, 0.3) is 0 Å². The lowest BCUT2D eigenvalue weighted by molar-refractivity contribution is 0.346. The normalized spacial score (nSPS) is 15.9. The summed E-state index contributed by atoms with van der Waals surface area (Å²) in [5, 5.41) is 3.28. The van der Waals surface area contributed by atoms with Crippen LogP contribution in [0.3, 0.4) is 0 Å². The molecule has 2 aromatic carbocycles. The molecule has 0 aliphatic carbocycles. The number of piperidine rings is 1. The van der Waals surface area contributed by atoms with Crippen molar-refractivity contribution in [1.29, 1.82) is 0 Å². The largest absolute Gasteiger partial charge is 0.309 e. The van der Waals surface area contributed by atoms with Gasteiger partial charge in [0.05, 0.1) is 9.92 Å². The van der Waals surface area contributed by atoms with Gasteiger partial charge in [-0.15, -0.1) is 0 Å². The molecule has 0 saturated carbocycles. The molecule has 1 N–H and O–H groups in total. The molecule has 0 spiro atoms. The van der Waals surface area contributed by atoms with E-state index in [0.29, 0.717) is 36.6 Å². The van der Waals surface area contributed by atoms with Crippen LogP contribution in [-0.4, -0.2) is 25.8 Å². The topological polar surface area (TPSA) is 49.4 Å². The molecule has 0 aromatic heterocycles. The van der Waals surface area contributed by atoms with Gasteiger partial charge in [-0.25, -0.2) is 12.8 Å². The first-order valence-electron chi connectivity index (χ1n) is 8.71. The molecule has 7 heteroatoms. The Morgan fingerprint density at radius 2 is 1.77 bits per heavy atom. The number of sulfonamides is 1. The third-order valence-corrected chi connectivity index (χ3v) is 6.84. The average molecular weight is 397 g/mol. The van der Waals surface area contributed by atoms with Crippen LogP contribution in [0, 0.1) is 5.82 Å². The zero-order valence-corrected chi connectivity index (χ0v) is 16.0. The van der Waals surface area contributed by atoms with Gasteiger partial charge < -0.3 is 5.32 Å². The third-order valence-electron chi connectivity index (χ3n) is 4.53. The first-order chi connectivity index (χ1) is 12.5. The second-order valence-electron chi connectivity index (χ2n) is 6.42. The van der Waals surface area contributed by atoms with E-state index >= 15 is 0 Å². The fourth-order valence-corrected chi connectivity index (χ4v) is 4.99. The highest BCUT2D eigenvalue weighted by Crippen LogP contribution is 2.23. The Morgan fingerprint density at radius 3 is 2.50 bits per heavy atom. The fourth-order valence-electron chi connectivity index (χ4n) is 3.14. The lowest BCUT2D eigenvalue weighted by Crippen LogP contribution is -2.36. The molecule has 3 rings (SSSR count). The Bertz CT molecular complexity index is 868. The summed E-state index contributed by atoms with van der Waals surface area (Å²) in [6, 6.07) is 11.7. The Labute approximate surface area is 159 Å². The number of nitrogens with one attached hydrogen (secondary N) is 1. The molecule has 0 bridgehead atoms. The number of nitrogens with zero attached hydrogens (tertiary/aromatic N) is 1. The quantitative estimate of drug-likeness (QED) is 0.804. The molecule has 0 radical (unpaired) electrons. The number of benzene rings is 2. The van der Waals surface area contributed by atoms with E-state index in [2.05, 4.69) is 5.32 Å². The van der Waals surface area contributed by atoms with Crippen LogP contribution in [0.5, 0.6) is 0 Å². The minimum atomic E-state index is -3.48. The Hall–Kier alpha value is -1.47. The SMILES string of the molecule is O=S(=O)(c1ccccc1CNCc1ccc(Cl)c(F)c1)N1CCCCC1. The van der Waals surface area contributed by atoms with Gasteiger partial charge >= 0.3 is 0 Å². The Morgan fingerprint density at radius 1 is 1.04 bits per heavy atom. The second-order valence-corrected chi connectivity index (χ2v) is 8.74. The van der Waals surface area contributed by atoms with Crippen molar-refractivity contribution in [3.63, 3.8) is 0 Å². The van der Waals surface area contributed by atoms with Gasteiger partial charge in [-0.3, -0.25) is 0 Å². The van der Waals surface area contributed by atoms with E-state index in [1.807, 2.05) is 12.1 Å². The maximum absolute atomic E-state index is 13.5. The van der Waals surface area contributed by atoms with E-state index < -0.39 is 15.8 Å². The van der Waals surface area contributed by atoms with Crippen molar-refractivity contribution >= 4 is 21.6 Å². The van der Waals surface area contributed by atoms with E-state index in [1.54, 1.807) is 22.5 Å². The molecule has 1 heterocycles. The number of hydrogen-bond acceptors (Lipinski definition) is 3. The smallest absolute Gasteiger partial charge is 0.243 e. The molecule has 2 aromatic rings. The second kappa shape index (κ2) is 8.48. The fraction of sp³-hybridized carbons (Fsp3) is 0.368. The molecule has 0 amide bonds. The van der Waals surface area contributed by atoms with Crippen LogP contribution in [0.15, 0.2) is 47.4 Å². The number of hydrogen-bond donors (Lipinski definition) is 1. The van der Waals surface area contributed by atoms with Gasteiger partial charge in [0.1, 0.15) is 5.82 Å². The standard InChI is InChI=1S/C19H22ClFN2O2S/c20-17-9-8-15(12-18(17)21)13-22-14-16-6-2-3-7-19(16)26(24,25)23-10-4-1-5-11-23/h2-3,6-9,12,22H,1,4-5,10-11,13-14H2. The van der Waals surface area contributed by atoms with Gasteiger partial charge in [0.15, 0.2) is 0 Å². The van der Waals surface area contributed by atoms with Gasteiger partial charge in [-0.1, -0.05) is 42.3 Å². The molecule has 1 aliphatic rings. The summed E-state index contributed by atoms with van der Waals surface area (Å²) in [6.45, 7) is 1.96.